The van der Waals surface area contributed by atoms with E-state index >= 15 is 0 Å². The van der Waals surface area contributed by atoms with E-state index in [1.165, 1.54) is 12.1 Å². The second kappa shape index (κ2) is 7.71. The van der Waals surface area contributed by atoms with Crippen LogP contribution in [0, 0.1) is 0 Å². The highest BCUT2D eigenvalue weighted by molar-refractivity contribution is 5.91. The van der Waals surface area contributed by atoms with Crippen LogP contribution in [0.1, 0.15) is 5.56 Å². The molecular formula is C24H19F3N2O. The zero-order valence-corrected chi connectivity index (χ0v) is 16.4. The topological polar surface area (TPSA) is 27.1 Å². The molecule has 0 bridgehead atoms. The molecule has 1 heterocycles. The predicted octanol–water partition coefficient (Wildman–Crippen LogP) is 6.45. The lowest BCUT2D eigenvalue weighted by Crippen LogP contribution is -2.04. The van der Waals surface area contributed by atoms with Crippen LogP contribution in [0.2, 0.25) is 0 Å². The summed E-state index contributed by atoms with van der Waals surface area (Å²) in [6.07, 6.45) is -4.37. The summed E-state index contributed by atoms with van der Waals surface area (Å²) < 4.78 is 46.0. The van der Waals surface area contributed by atoms with Gasteiger partial charge in [0.25, 0.3) is 0 Å². The Morgan fingerprint density at radius 3 is 1.93 bits per heavy atom. The molecule has 3 aromatic carbocycles. The van der Waals surface area contributed by atoms with Crippen LogP contribution in [-0.4, -0.2) is 16.9 Å². The largest absolute Gasteiger partial charge is 0.497 e. The standard InChI is InChI=1S/C24H19F3N2O/c1-29-23(18-8-12-19(13-9-18)24(25,26)27)21(16-6-4-3-5-7-16)22(28-29)17-10-14-20(30-2)15-11-17/h3-15H,1-2H3. The average molecular weight is 408 g/mol. The maximum atomic E-state index is 13.0. The van der Waals surface area contributed by atoms with Crippen LogP contribution < -0.4 is 4.74 Å². The lowest BCUT2D eigenvalue weighted by Gasteiger charge is -2.11. The molecule has 0 fully saturated rings. The molecule has 0 saturated heterocycles. The third-order valence-corrected chi connectivity index (χ3v) is 4.96. The van der Waals surface area contributed by atoms with Crippen molar-refractivity contribution >= 4 is 0 Å². The minimum absolute atomic E-state index is 0.664. The molecule has 1 aromatic heterocycles. The van der Waals surface area contributed by atoms with Crippen molar-refractivity contribution in [3.8, 4) is 39.4 Å². The number of benzene rings is 3. The fourth-order valence-corrected chi connectivity index (χ4v) is 3.50. The normalized spacial score (nSPS) is 11.5. The zero-order valence-electron chi connectivity index (χ0n) is 16.4. The van der Waals surface area contributed by atoms with Crippen molar-refractivity contribution in [3.05, 3.63) is 84.4 Å². The fourth-order valence-electron chi connectivity index (χ4n) is 3.50. The van der Waals surface area contributed by atoms with E-state index in [9.17, 15) is 13.2 Å². The molecule has 0 atom stereocenters. The van der Waals surface area contributed by atoms with Gasteiger partial charge in [0, 0.05) is 23.7 Å². The Kier molecular flexibility index (Phi) is 5.08. The molecule has 30 heavy (non-hydrogen) atoms. The van der Waals surface area contributed by atoms with Crippen LogP contribution >= 0.6 is 0 Å². The van der Waals surface area contributed by atoms with E-state index in [-0.39, 0.29) is 0 Å². The van der Waals surface area contributed by atoms with Crippen molar-refractivity contribution in [2.24, 2.45) is 7.05 Å². The molecule has 0 radical (unpaired) electrons. The number of ether oxygens (including phenoxy) is 1. The second-order valence-corrected chi connectivity index (χ2v) is 6.87. The number of aryl methyl sites for hydroxylation is 1. The first-order valence-electron chi connectivity index (χ1n) is 9.33. The molecule has 4 rings (SSSR count). The van der Waals surface area contributed by atoms with E-state index < -0.39 is 11.7 Å². The summed E-state index contributed by atoms with van der Waals surface area (Å²) in [6.45, 7) is 0. The molecule has 0 spiro atoms. The number of aromatic nitrogens is 2. The smallest absolute Gasteiger partial charge is 0.416 e. The van der Waals surface area contributed by atoms with Crippen molar-refractivity contribution < 1.29 is 17.9 Å². The van der Waals surface area contributed by atoms with Crippen molar-refractivity contribution in [3.63, 3.8) is 0 Å². The number of halogens is 3. The summed E-state index contributed by atoms with van der Waals surface area (Å²) in [4.78, 5) is 0. The molecule has 0 aliphatic rings. The van der Waals surface area contributed by atoms with Crippen LogP contribution in [0.25, 0.3) is 33.6 Å². The highest BCUT2D eigenvalue weighted by atomic mass is 19.4. The number of nitrogens with zero attached hydrogens (tertiary/aromatic N) is 2. The van der Waals surface area contributed by atoms with Crippen LogP contribution in [0.15, 0.2) is 78.9 Å². The number of alkyl halides is 3. The van der Waals surface area contributed by atoms with Crippen LogP contribution in [0.4, 0.5) is 13.2 Å². The zero-order chi connectivity index (χ0) is 21.3. The van der Waals surface area contributed by atoms with E-state index in [1.807, 2.05) is 54.6 Å². The van der Waals surface area contributed by atoms with Crippen molar-refractivity contribution in [2.45, 2.75) is 6.18 Å². The number of rotatable bonds is 4. The summed E-state index contributed by atoms with van der Waals surface area (Å²) in [5.41, 5.74) is 4.18. The Balaban J connectivity index is 1.91. The monoisotopic (exact) mass is 408 g/mol. The quantitative estimate of drug-likeness (QED) is 0.388. The Morgan fingerprint density at radius 1 is 0.767 bits per heavy atom. The average Bonchev–Trinajstić information content (AvgIpc) is 3.11. The summed E-state index contributed by atoms with van der Waals surface area (Å²) in [7, 11) is 3.40. The van der Waals surface area contributed by atoms with Crippen LogP contribution in [0.5, 0.6) is 5.75 Å². The van der Waals surface area contributed by atoms with Gasteiger partial charge in [-0.05, 0) is 42.0 Å². The fraction of sp³-hybridized carbons (Fsp3) is 0.125. The maximum absolute atomic E-state index is 13.0. The molecule has 4 aromatic rings. The van der Waals surface area contributed by atoms with Crippen molar-refractivity contribution in [1.82, 2.24) is 9.78 Å². The molecule has 152 valence electrons. The third kappa shape index (κ3) is 3.68. The van der Waals surface area contributed by atoms with Gasteiger partial charge in [-0.25, -0.2) is 0 Å². The second-order valence-electron chi connectivity index (χ2n) is 6.87. The minimum atomic E-state index is -4.37. The Bertz CT molecular complexity index is 1150. The third-order valence-electron chi connectivity index (χ3n) is 4.96. The highest BCUT2D eigenvalue weighted by Gasteiger charge is 2.30. The number of hydrogen-bond acceptors (Lipinski definition) is 2. The lowest BCUT2D eigenvalue weighted by molar-refractivity contribution is -0.137. The Labute approximate surface area is 172 Å². The first-order chi connectivity index (χ1) is 14.4. The first kappa shape index (κ1) is 19.8. The minimum Gasteiger partial charge on any atom is -0.497 e. The molecule has 0 saturated carbocycles. The van der Waals surface area contributed by atoms with Gasteiger partial charge in [-0.1, -0.05) is 42.5 Å². The molecule has 0 N–H and O–H groups in total. The molecule has 0 amide bonds. The van der Waals surface area contributed by atoms with Gasteiger partial charge in [-0.15, -0.1) is 0 Å². The van der Waals surface area contributed by atoms with Gasteiger partial charge in [0.1, 0.15) is 11.4 Å². The van der Waals surface area contributed by atoms with E-state index in [0.29, 0.717) is 5.56 Å². The van der Waals surface area contributed by atoms with Crippen LogP contribution in [-0.2, 0) is 13.2 Å². The van der Waals surface area contributed by atoms with Gasteiger partial charge in [0.15, 0.2) is 0 Å². The molecule has 6 heteroatoms. The van der Waals surface area contributed by atoms with Gasteiger partial charge in [-0.3, -0.25) is 4.68 Å². The van der Waals surface area contributed by atoms with E-state index in [2.05, 4.69) is 0 Å². The first-order valence-corrected chi connectivity index (χ1v) is 9.33. The highest BCUT2D eigenvalue weighted by Crippen LogP contribution is 2.40. The Hall–Kier alpha value is -3.54. The summed E-state index contributed by atoms with van der Waals surface area (Å²) >= 11 is 0. The van der Waals surface area contributed by atoms with Crippen LogP contribution in [0.3, 0.4) is 0 Å². The molecule has 0 unspecified atom stereocenters. The summed E-state index contributed by atoms with van der Waals surface area (Å²) in [6, 6.07) is 22.5. The van der Waals surface area contributed by atoms with Gasteiger partial charge >= 0.3 is 6.18 Å². The summed E-state index contributed by atoms with van der Waals surface area (Å²) in [5.74, 6) is 0.735. The van der Waals surface area contributed by atoms with E-state index in [1.54, 1.807) is 18.8 Å². The number of hydrogen-bond donors (Lipinski definition) is 0. The lowest BCUT2D eigenvalue weighted by atomic mass is 9.95. The number of methoxy groups -OCH3 is 1. The Morgan fingerprint density at radius 2 is 1.37 bits per heavy atom. The van der Waals surface area contributed by atoms with E-state index in [4.69, 9.17) is 9.84 Å². The molecule has 0 aliphatic heterocycles. The molecular weight excluding hydrogens is 389 g/mol. The van der Waals surface area contributed by atoms with Crippen molar-refractivity contribution in [2.75, 3.05) is 7.11 Å². The predicted molar refractivity (Wildman–Crippen MR) is 111 cm³/mol. The molecule has 3 nitrogen and oxygen atoms in total. The maximum Gasteiger partial charge on any atom is 0.416 e. The van der Waals surface area contributed by atoms with Gasteiger partial charge < -0.3 is 4.74 Å². The SMILES string of the molecule is COc1ccc(-c2nn(C)c(-c3ccc(C(F)(F)F)cc3)c2-c2ccccc2)cc1. The van der Waals surface area contributed by atoms with E-state index in [0.717, 1.165) is 46.0 Å². The summed E-state index contributed by atoms with van der Waals surface area (Å²) in [5, 5.41) is 4.71. The van der Waals surface area contributed by atoms with Gasteiger partial charge in [-0.2, -0.15) is 18.3 Å². The van der Waals surface area contributed by atoms with Crippen molar-refractivity contribution in [1.29, 1.82) is 0 Å². The molecule has 0 aliphatic carbocycles. The van der Waals surface area contributed by atoms with Gasteiger partial charge in [0.2, 0.25) is 0 Å². The van der Waals surface area contributed by atoms with Gasteiger partial charge in [0.05, 0.1) is 18.4 Å².